The summed E-state index contributed by atoms with van der Waals surface area (Å²) in [7, 11) is 0. The summed E-state index contributed by atoms with van der Waals surface area (Å²) >= 11 is 0. The number of carbonyl (C=O) groups is 1. The quantitative estimate of drug-likeness (QED) is 0.458. The lowest BCUT2D eigenvalue weighted by Crippen LogP contribution is -2.61. The van der Waals surface area contributed by atoms with Crippen LogP contribution < -0.4 is 15.0 Å². The van der Waals surface area contributed by atoms with Crippen LogP contribution in [0.25, 0.3) is 0 Å². The van der Waals surface area contributed by atoms with E-state index in [9.17, 15) is 14.9 Å². The smallest absolute Gasteiger partial charge is 0.269 e. The molecule has 186 valence electrons. The zero-order valence-electron chi connectivity index (χ0n) is 19.8. The number of nitro groups is 1. The van der Waals surface area contributed by atoms with Crippen molar-refractivity contribution < 1.29 is 19.2 Å². The van der Waals surface area contributed by atoms with Gasteiger partial charge in [0, 0.05) is 57.2 Å². The monoisotopic (exact) mass is 480 g/mol. The van der Waals surface area contributed by atoms with Crippen LogP contribution >= 0.6 is 0 Å². The highest BCUT2D eigenvalue weighted by Crippen LogP contribution is 2.38. The van der Waals surface area contributed by atoms with Crippen molar-refractivity contribution in [3.63, 3.8) is 0 Å². The zero-order chi connectivity index (χ0) is 24.2. The summed E-state index contributed by atoms with van der Waals surface area (Å²) in [4.78, 5) is 29.0. The van der Waals surface area contributed by atoms with Crippen molar-refractivity contribution in [1.29, 1.82) is 0 Å². The normalized spacial score (nSPS) is 23.9. The summed E-state index contributed by atoms with van der Waals surface area (Å²) in [5.74, 6) is 0.560. The Bertz CT molecular complexity index is 1040. The molecule has 3 heterocycles. The molecule has 1 N–H and O–H groups in total. The van der Waals surface area contributed by atoms with E-state index in [1.165, 1.54) is 0 Å². The molecule has 2 aromatic carbocycles. The minimum Gasteiger partial charge on any atom is -0.492 e. The Kier molecular flexibility index (Phi) is 7.15. The standard InChI is InChI=1S/C26H32N4O5/c31-26(27-17-22-7-4-13-34-22)23-16-19-15-20(30(32)33)8-9-24(19)29-11-10-28(18-25(23)29)12-14-35-21-5-2-1-3-6-21/h1-3,5-6,8-9,15,22-23,25H,4,7,10-14,16-18H2,(H,27,31). The second-order valence-electron chi connectivity index (χ2n) is 9.48. The Labute approximate surface area is 205 Å². The number of amides is 1. The first-order valence-corrected chi connectivity index (χ1v) is 12.4. The number of non-ortho nitro benzene ring substituents is 1. The van der Waals surface area contributed by atoms with Crippen LogP contribution in [0.3, 0.4) is 0 Å². The lowest BCUT2D eigenvalue weighted by atomic mass is 9.83. The van der Waals surface area contributed by atoms with Gasteiger partial charge in [0.25, 0.3) is 5.69 Å². The molecule has 35 heavy (non-hydrogen) atoms. The number of hydrogen-bond donors (Lipinski definition) is 1. The van der Waals surface area contributed by atoms with E-state index in [-0.39, 0.29) is 34.6 Å². The molecular weight excluding hydrogens is 448 g/mol. The average molecular weight is 481 g/mol. The van der Waals surface area contributed by atoms with E-state index in [0.29, 0.717) is 19.6 Å². The molecule has 1 amide bonds. The van der Waals surface area contributed by atoms with Crippen LogP contribution in [0, 0.1) is 16.0 Å². The summed E-state index contributed by atoms with van der Waals surface area (Å²) in [5, 5.41) is 14.5. The first kappa shape index (κ1) is 23.6. The number of piperazine rings is 1. The molecule has 0 bridgehead atoms. The van der Waals surface area contributed by atoms with Crippen molar-refractivity contribution in [3.05, 3.63) is 64.2 Å². The van der Waals surface area contributed by atoms with E-state index in [2.05, 4.69) is 15.1 Å². The molecule has 0 aliphatic carbocycles. The van der Waals surface area contributed by atoms with Crippen molar-refractivity contribution in [2.45, 2.75) is 31.4 Å². The molecular formula is C26H32N4O5. The number of nitrogens with zero attached hydrogens (tertiary/aromatic N) is 3. The molecule has 0 radical (unpaired) electrons. The topological polar surface area (TPSA) is 97.2 Å². The van der Waals surface area contributed by atoms with Gasteiger partial charge in [-0.1, -0.05) is 18.2 Å². The van der Waals surface area contributed by atoms with E-state index >= 15 is 0 Å². The fourth-order valence-electron chi connectivity index (χ4n) is 5.45. The Hall–Kier alpha value is -3.17. The highest BCUT2D eigenvalue weighted by Gasteiger charge is 2.42. The van der Waals surface area contributed by atoms with Gasteiger partial charge in [0.1, 0.15) is 12.4 Å². The van der Waals surface area contributed by atoms with Crippen molar-refractivity contribution in [2.75, 3.05) is 50.8 Å². The second-order valence-corrected chi connectivity index (χ2v) is 9.48. The van der Waals surface area contributed by atoms with Crippen molar-refractivity contribution in [2.24, 2.45) is 5.92 Å². The van der Waals surface area contributed by atoms with Crippen LogP contribution in [0.5, 0.6) is 5.75 Å². The molecule has 3 aliphatic rings. The molecule has 0 saturated carbocycles. The van der Waals surface area contributed by atoms with Crippen LogP contribution in [0.4, 0.5) is 11.4 Å². The Balaban J connectivity index is 1.29. The SMILES string of the molecule is O=C(NCC1CCCO1)C1Cc2cc([N+](=O)[O-])ccc2N2CCN(CCOc3ccccc3)CC12. The van der Waals surface area contributed by atoms with E-state index in [0.717, 1.165) is 62.6 Å². The Morgan fingerprint density at radius 3 is 2.83 bits per heavy atom. The average Bonchev–Trinajstić information content (AvgIpc) is 3.41. The molecule has 2 aromatic rings. The summed E-state index contributed by atoms with van der Waals surface area (Å²) in [6.07, 6.45) is 2.55. The number of benzene rings is 2. The fourth-order valence-corrected chi connectivity index (χ4v) is 5.45. The number of rotatable bonds is 8. The number of nitrogens with one attached hydrogen (secondary N) is 1. The van der Waals surface area contributed by atoms with Gasteiger partial charge in [-0.3, -0.25) is 19.8 Å². The lowest BCUT2D eigenvalue weighted by molar-refractivity contribution is -0.384. The molecule has 9 heteroatoms. The van der Waals surface area contributed by atoms with E-state index in [1.54, 1.807) is 12.1 Å². The number of hydrogen-bond acceptors (Lipinski definition) is 7. The van der Waals surface area contributed by atoms with Gasteiger partial charge in [0.15, 0.2) is 0 Å². The highest BCUT2D eigenvalue weighted by atomic mass is 16.6. The molecule has 2 saturated heterocycles. The number of carbonyl (C=O) groups excluding carboxylic acids is 1. The van der Waals surface area contributed by atoms with Gasteiger partial charge in [-0.15, -0.1) is 0 Å². The Morgan fingerprint density at radius 1 is 1.20 bits per heavy atom. The van der Waals surface area contributed by atoms with Gasteiger partial charge in [0.05, 0.1) is 23.0 Å². The second kappa shape index (κ2) is 10.6. The summed E-state index contributed by atoms with van der Waals surface area (Å²) in [5.41, 5.74) is 1.94. The predicted molar refractivity (Wildman–Crippen MR) is 132 cm³/mol. The summed E-state index contributed by atoms with van der Waals surface area (Å²) < 4.78 is 11.6. The predicted octanol–water partition coefficient (Wildman–Crippen LogP) is 2.63. The third-order valence-electron chi connectivity index (χ3n) is 7.27. The molecule has 9 nitrogen and oxygen atoms in total. The molecule has 3 atom stereocenters. The maximum atomic E-state index is 13.4. The number of anilines is 1. The first-order valence-electron chi connectivity index (χ1n) is 12.4. The third-order valence-corrected chi connectivity index (χ3v) is 7.27. The Morgan fingerprint density at radius 2 is 2.06 bits per heavy atom. The highest BCUT2D eigenvalue weighted by molar-refractivity contribution is 5.82. The summed E-state index contributed by atoms with van der Waals surface area (Å²) in [6.45, 7) is 4.96. The third kappa shape index (κ3) is 5.41. The molecule has 5 rings (SSSR count). The molecule has 3 unspecified atom stereocenters. The first-order chi connectivity index (χ1) is 17.1. The largest absolute Gasteiger partial charge is 0.492 e. The minimum absolute atomic E-state index is 0.000993. The van der Waals surface area contributed by atoms with Gasteiger partial charge in [-0.2, -0.15) is 0 Å². The summed E-state index contributed by atoms with van der Waals surface area (Å²) in [6, 6.07) is 14.8. The number of ether oxygens (including phenoxy) is 2. The van der Waals surface area contributed by atoms with Crippen molar-refractivity contribution in [3.8, 4) is 5.75 Å². The van der Waals surface area contributed by atoms with E-state index in [4.69, 9.17) is 9.47 Å². The maximum Gasteiger partial charge on any atom is 0.269 e. The van der Waals surface area contributed by atoms with Crippen LogP contribution in [-0.2, 0) is 16.0 Å². The van der Waals surface area contributed by atoms with E-state index in [1.807, 2.05) is 36.4 Å². The minimum atomic E-state index is -0.371. The van der Waals surface area contributed by atoms with Crippen LogP contribution in [0.15, 0.2) is 48.5 Å². The zero-order valence-corrected chi connectivity index (χ0v) is 19.8. The maximum absolute atomic E-state index is 13.4. The van der Waals surface area contributed by atoms with Crippen LogP contribution in [0.2, 0.25) is 0 Å². The van der Waals surface area contributed by atoms with Crippen molar-refractivity contribution in [1.82, 2.24) is 10.2 Å². The van der Waals surface area contributed by atoms with Gasteiger partial charge in [-0.05, 0) is 43.0 Å². The molecule has 3 aliphatic heterocycles. The van der Waals surface area contributed by atoms with Gasteiger partial charge in [0.2, 0.25) is 5.91 Å². The molecule has 0 aromatic heterocycles. The van der Waals surface area contributed by atoms with Crippen molar-refractivity contribution >= 4 is 17.3 Å². The van der Waals surface area contributed by atoms with Gasteiger partial charge >= 0.3 is 0 Å². The lowest BCUT2D eigenvalue weighted by Gasteiger charge is -2.49. The molecule has 0 spiro atoms. The molecule has 2 fully saturated rings. The fraction of sp³-hybridized carbons (Fsp3) is 0.500. The van der Waals surface area contributed by atoms with Gasteiger partial charge in [-0.25, -0.2) is 0 Å². The van der Waals surface area contributed by atoms with Crippen LogP contribution in [-0.4, -0.2) is 73.8 Å². The van der Waals surface area contributed by atoms with Gasteiger partial charge < -0.3 is 19.7 Å². The number of fused-ring (bicyclic) bond motifs is 3. The van der Waals surface area contributed by atoms with E-state index < -0.39 is 0 Å². The van der Waals surface area contributed by atoms with Crippen LogP contribution in [0.1, 0.15) is 18.4 Å². The number of para-hydroxylation sites is 1. The number of nitro benzene ring substituents is 1.